The van der Waals surface area contributed by atoms with Gasteiger partial charge in [0, 0.05) is 14.1 Å². The van der Waals surface area contributed by atoms with Crippen molar-refractivity contribution in [2.45, 2.75) is 17.9 Å². The number of aromatic carboxylic acids is 1. The van der Waals surface area contributed by atoms with Gasteiger partial charge in [0.15, 0.2) is 0 Å². The molecule has 0 aliphatic heterocycles. The summed E-state index contributed by atoms with van der Waals surface area (Å²) in [6.07, 6.45) is 0. The highest BCUT2D eigenvalue weighted by Crippen LogP contribution is 2.16. The number of carbonyl (C=O) groups is 2. The summed E-state index contributed by atoms with van der Waals surface area (Å²) in [4.78, 5) is 22.8. The second-order valence-electron chi connectivity index (χ2n) is 4.53. The summed E-state index contributed by atoms with van der Waals surface area (Å²) in [5.41, 5.74) is -0.371. The quantitative estimate of drug-likeness (QED) is 0.811. The standard InChI is InChI=1S/C12H15FN2O5S/c1-7(11(16)15(2)3)14-21(19,20)10-5-4-8(12(17)18)6-9(10)13/h4-7,14H,1-3H3,(H,17,18). The molecule has 0 radical (unpaired) electrons. The lowest BCUT2D eigenvalue weighted by Crippen LogP contribution is -2.44. The third-order valence-electron chi connectivity index (χ3n) is 2.61. The van der Waals surface area contributed by atoms with Crippen LogP contribution in [-0.4, -0.2) is 50.4 Å². The molecule has 0 heterocycles. The summed E-state index contributed by atoms with van der Waals surface area (Å²) in [5.74, 6) is -3.07. The second kappa shape index (κ2) is 6.19. The molecular formula is C12H15FN2O5S. The minimum Gasteiger partial charge on any atom is -0.478 e. The maximum absolute atomic E-state index is 13.7. The molecule has 0 spiro atoms. The van der Waals surface area contributed by atoms with Crippen LogP contribution in [0, 0.1) is 5.82 Å². The van der Waals surface area contributed by atoms with Crippen LogP contribution in [0.4, 0.5) is 4.39 Å². The van der Waals surface area contributed by atoms with Gasteiger partial charge in [-0.3, -0.25) is 4.79 Å². The third-order valence-corrected chi connectivity index (χ3v) is 4.19. The van der Waals surface area contributed by atoms with Crippen LogP contribution in [0.2, 0.25) is 0 Å². The van der Waals surface area contributed by atoms with Crippen molar-refractivity contribution in [1.29, 1.82) is 0 Å². The monoisotopic (exact) mass is 318 g/mol. The Balaban J connectivity index is 3.09. The highest BCUT2D eigenvalue weighted by molar-refractivity contribution is 7.89. The maximum Gasteiger partial charge on any atom is 0.335 e. The number of rotatable bonds is 5. The van der Waals surface area contributed by atoms with Crippen LogP contribution in [0.5, 0.6) is 0 Å². The lowest BCUT2D eigenvalue weighted by atomic mass is 10.2. The van der Waals surface area contributed by atoms with Crippen LogP contribution in [0.15, 0.2) is 23.1 Å². The summed E-state index contributed by atoms with van der Waals surface area (Å²) >= 11 is 0. The molecule has 0 saturated carbocycles. The number of carboxylic acids is 1. The first-order valence-electron chi connectivity index (χ1n) is 5.82. The SMILES string of the molecule is CC(NS(=O)(=O)c1ccc(C(=O)O)cc1F)C(=O)N(C)C. The highest BCUT2D eigenvalue weighted by atomic mass is 32.2. The summed E-state index contributed by atoms with van der Waals surface area (Å²) in [6, 6.07) is 1.34. The predicted octanol–water partition coefficient (Wildman–Crippen LogP) is 0.279. The molecule has 0 saturated heterocycles. The van der Waals surface area contributed by atoms with Gasteiger partial charge in [-0.2, -0.15) is 4.72 Å². The molecule has 1 aromatic rings. The Hall–Kier alpha value is -2.00. The zero-order valence-corrected chi connectivity index (χ0v) is 12.4. The Labute approximate surface area is 121 Å². The maximum atomic E-state index is 13.7. The number of benzene rings is 1. The van der Waals surface area contributed by atoms with Crippen molar-refractivity contribution in [3.05, 3.63) is 29.6 Å². The van der Waals surface area contributed by atoms with E-state index in [0.29, 0.717) is 6.07 Å². The molecule has 1 rings (SSSR count). The Morgan fingerprint density at radius 1 is 1.33 bits per heavy atom. The largest absolute Gasteiger partial charge is 0.478 e. The van der Waals surface area contributed by atoms with E-state index in [0.717, 1.165) is 12.1 Å². The van der Waals surface area contributed by atoms with E-state index in [-0.39, 0.29) is 5.56 Å². The van der Waals surface area contributed by atoms with Crippen LogP contribution in [0.25, 0.3) is 0 Å². The summed E-state index contributed by atoms with van der Waals surface area (Å²) < 4.78 is 39.8. The van der Waals surface area contributed by atoms with Crippen LogP contribution in [-0.2, 0) is 14.8 Å². The normalized spacial score (nSPS) is 12.8. The lowest BCUT2D eigenvalue weighted by molar-refractivity contribution is -0.130. The molecule has 0 aromatic heterocycles. The highest BCUT2D eigenvalue weighted by Gasteiger charge is 2.26. The van der Waals surface area contributed by atoms with Gasteiger partial charge in [0.25, 0.3) is 0 Å². The Morgan fingerprint density at radius 2 is 1.90 bits per heavy atom. The minimum absolute atomic E-state index is 0.371. The molecule has 9 heteroatoms. The fourth-order valence-corrected chi connectivity index (χ4v) is 2.84. The van der Waals surface area contributed by atoms with E-state index in [4.69, 9.17) is 5.11 Å². The molecule has 0 aliphatic rings. The summed E-state index contributed by atoms with van der Waals surface area (Å²) in [7, 11) is -1.37. The molecule has 7 nitrogen and oxygen atoms in total. The van der Waals surface area contributed by atoms with Gasteiger partial charge < -0.3 is 10.0 Å². The van der Waals surface area contributed by atoms with Gasteiger partial charge in [-0.25, -0.2) is 17.6 Å². The number of hydrogen-bond acceptors (Lipinski definition) is 4. The molecule has 0 fully saturated rings. The topological polar surface area (TPSA) is 104 Å². The van der Waals surface area contributed by atoms with Gasteiger partial charge >= 0.3 is 5.97 Å². The van der Waals surface area contributed by atoms with Gasteiger partial charge in [0.05, 0.1) is 11.6 Å². The molecule has 1 amide bonds. The Morgan fingerprint density at radius 3 is 2.33 bits per heavy atom. The van der Waals surface area contributed by atoms with Crippen molar-refractivity contribution >= 4 is 21.9 Å². The van der Waals surface area contributed by atoms with Crippen LogP contribution in [0.3, 0.4) is 0 Å². The number of halogens is 1. The average molecular weight is 318 g/mol. The van der Waals surface area contributed by atoms with Crippen molar-refractivity contribution < 1.29 is 27.5 Å². The van der Waals surface area contributed by atoms with Crippen LogP contribution < -0.4 is 4.72 Å². The zero-order chi connectivity index (χ0) is 16.4. The minimum atomic E-state index is -4.28. The number of carboxylic acid groups (broad SMARTS) is 1. The smallest absolute Gasteiger partial charge is 0.335 e. The van der Waals surface area contributed by atoms with Gasteiger partial charge in [-0.1, -0.05) is 0 Å². The number of nitrogens with one attached hydrogen (secondary N) is 1. The van der Waals surface area contributed by atoms with E-state index in [1.807, 2.05) is 4.72 Å². The van der Waals surface area contributed by atoms with E-state index in [9.17, 15) is 22.4 Å². The second-order valence-corrected chi connectivity index (χ2v) is 6.21. The van der Waals surface area contributed by atoms with Crippen molar-refractivity contribution in [2.24, 2.45) is 0 Å². The van der Waals surface area contributed by atoms with Crippen molar-refractivity contribution in [3.8, 4) is 0 Å². The van der Waals surface area contributed by atoms with Crippen molar-refractivity contribution in [2.75, 3.05) is 14.1 Å². The number of amides is 1. The molecule has 1 atom stereocenters. The van der Waals surface area contributed by atoms with E-state index in [1.54, 1.807) is 0 Å². The van der Waals surface area contributed by atoms with Crippen LogP contribution in [0.1, 0.15) is 17.3 Å². The van der Waals surface area contributed by atoms with Gasteiger partial charge in [-0.15, -0.1) is 0 Å². The van der Waals surface area contributed by atoms with Crippen LogP contribution >= 0.6 is 0 Å². The Kier molecular flexibility index (Phi) is 5.02. The first-order valence-corrected chi connectivity index (χ1v) is 7.31. The molecule has 0 aliphatic carbocycles. The van der Waals surface area contributed by atoms with E-state index in [2.05, 4.69) is 0 Å². The van der Waals surface area contributed by atoms with Crippen molar-refractivity contribution in [1.82, 2.24) is 9.62 Å². The first-order chi connectivity index (χ1) is 9.56. The zero-order valence-electron chi connectivity index (χ0n) is 11.6. The third kappa shape index (κ3) is 3.99. The van der Waals surface area contributed by atoms with Gasteiger partial charge in [0.2, 0.25) is 15.9 Å². The molecule has 1 unspecified atom stereocenters. The molecule has 0 bridgehead atoms. The fraction of sp³-hybridized carbons (Fsp3) is 0.333. The average Bonchev–Trinajstić information content (AvgIpc) is 2.36. The van der Waals surface area contributed by atoms with Gasteiger partial charge in [-0.05, 0) is 25.1 Å². The number of sulfonamides is 1. The van der Waals surface area contributed by atoms with E-state index in [1.165, 1.54) is 25.9 Å². The number of hydrogen-bond donors (Lipinski definition) is 2. The van der Waals surface area contributed by atoms with E-state index < -0.39 is 38.7 Å². The summed E-state index contributed by atoms with van der Waals surface area (Å²) in [5, 5.41) is 8.70. The lowest BCUT2D eigenvalue weighted by Gasteiger charge is -2.18. The predicted molar refractivity (Wildman–Crippen MR) is 71.8 cm³/mol. The number of likely N-dealkylation sites (N-methyl/N-ethyl adjacent to an activating group) is 1. The molecule has 21 heavy (non-hydrogen) atoms. The fourth-order valence-electron chi connectivity index (χ4n) is 1.59. The molecule has 2 N–H and O–H groups in total. The molecule has 116 valence electrons. The number of nitrogens with zero attached hydrogens (tertiary/aromatic N) is 1. The molecule has 1 aromatic carbocycles. The Bertz CT molecular complexity index is 672. The summed E-state index contributed by atoms with van der Waals surface area (Å²) in [6.45, 7) is 1.32. The number of carbonyl (C=O) groups excluding carboxylic acids is 1. The van der Waals surface area contributed by atoms with E-state index >= 15 is 0 Å². The van der Waals surface area contributed by atoms with Gasteiger partial charge in [0.1, 0.15) is 10.7 Å². The molecular weight excluding hydrogens is 303 g/mol. The van der Waals surface area contributed by atoms with Crippen molar-refractivity contribution in [3.63, 3.8) is 0 Å². The first kappa shape index (κ1) is 17.1.